The zero-order chi connectivity index (χ0) is 18.7. The molecule has 0 radical (unpaired) electrons. The van der Waals surface area contributed by atoms with E-state index in [9.17, 15) is 0 Å². The smallest absolute Gasteiger partial charge is 0.165 e. The molecule has 3 rings (SSSR count). The zero-order valence-electron chi connectivity index (χ0n) is 15.3. The van der Waals surface area contributed by atoms with E-state index >= 15 is 0 Å². The van der Waals surface area contributed by atoms with Crippen molar-refractivity contribution in [2.24, 2.45) is 0 Å². The highest BCUT2D eigenvalue weighted by atomic mass is 16.5. The Morgan fingerprint density at radius 1 is 1.12 bits per heavy atom. The lowest BCUT2D eigenvalue weighted by Gasteiger charge is -2.13. The van der Waals surface area contributed by atoms with Gasteiger partial charge in [0.15, 0.2) is 17.0 Å². The summed E-state index contributed by atoms with van der Waals surface area (Å²) in [6.07, 6.45) is 4.06. The zero-order valence-corrected chi connectivity index (χ0v) is 15.3. The summed E-state index contributed by atoms with van der Waals surface area (Å²) in [4.78, 5) is 13.1. The van der Waals surface area contributed by atoms with Crippen molar-refractivity contribution >= 4 is 22.7 Å². The van der Waals surface area contributed by atoms with Gasteiger partial charge in [-0.3, -0.25) is 0 Å². The number of unbranched alkanes of at least 4 members (excludes halogenated alkanes) is 1. The highest BCUT2D eigenvalue weighted by molar-refractivity contribution is 5.82. The minimum Gasteiger partial charge on any atom is -0.497 e. The molecule has 2 aromatic heterocycles. The molecule has 0 amide bonds. The number of methoxy groups -OCH3 is 2. The van der Waals surface area contributed by atoms with Crippen LogP contribution in [0.15, 0.2) is 18.5 Å². The molecule has 0 spiro atoms. The lowest BCUT2D eigenvalue weighted by Crippen LogP contribution is -2.08. The first-order valence-corrected chi connectivity index (χ1v) is 8.55. The predicted molar refractivity (Wildman–Crippen MR) is 101 cm³/mol. The van der Waals surface area contributed by atoms with Crippen molar-refractivity contribution in [1.29, 1.82) is 0 Å². The molecule has 8 heteroatoms. The van der Waals surface area contributed by atoms with Crippen LogP contribution in [-0.4, -0.2) is 33.7 Å². The molecular formula is C18H24N6O2. The van der Waals surface area contributed by atoms with E-state index in [4.69, 9.17) is 20.9 Å². The fourth-order valence-corrected chi connectivity index (χ4v) is 2.94. The van der Waals surface area contributed by atoms with Gasteiger partial charge >= 0.3 is 0 Å². The summed E-state index contributed by atoms with van der Waals surface area (Å²) in [5.41, 5.74) is 15.1. The lowest BCUT2D eigenvalue weighted by atomic mass is 10.1. The average Bonchev–Trinajstić information content (AvgIpc) is 3.00. The normalized spacial score (nSPS) is 11.0. The topological polar surface area (TPSA) is 114 Å². The molecule has 0 fully saturated rings. The van der Waals surface area contributed by atoms with Crippen molar-refractivity contribution in [3.63, 3.8) is 0 Å². The summed E-state index contributed by atoms with van der Waals surface area (Å²) >= 11 is 0. The van der Waals surface area contributed by atoms with Crippen LogP contribution >= 0.6 is 0 Å². The van der Waals surface area contributed by atoms with Gasteiger partial charge in [-0.1, -0.05) is 13.3 Å². The van der Waals surface area contributed by atoms with Gasteiger partial charge in [-0.15, -0.1) is 0 Å². The maximum atomic E-state index is 6.27. The lowest BCUT2D eigenvalue weighted by molar-refractivity contribution is 0.395. The van der Waals surface area contributed by atoms with Crippen LogP contribution in [0.3, 0.4) is 0 Å². The van der Waals surface area contributed by atoms with Crippen LogP contribution in [0.25, 0.3) is 11.2 Å². The van der Waals surface area contributed by atoms with Gasteiger partial charge in [-0.25, -0.2) is 15.0 Å². The summed E-state index contributed by atoms with van der Waals surface area (Å²) in [7, 11) is 3.20. The maximum absolute atomic E-state index is 6.27. The number of aryl methyl sites for hydroxylation is 1. The number of hydrogen-bond acceptors (Lipinski definition) is 7. The van der Waals surface area contributed by atoms with Gasteiger partial charge in [-0.2, -0.15) is 0 Å². The van der Waals surface area contributed by atoms with Gasteiger partial charge in [-0.05, 0) is 18.1 Å². The van der Waals surface area contributed by atoms with E-state index < -0.39 is 0 Å². The largest absolute Gasteiger partial charge is 0.497 e. The third-order valence-electron chi connectivity index (χ3n) is 4.38. The molecule has 26 heavy (non-hydrogen) atoms. The average molecular weight is 356 g/mol. The van der Waals surface area contributed by atoms with Gasteiger partial charge < -0.3 is 25.5 Å². The molecule has 0 aliphatic rings. The van der Waals surface area contributed by atoms with Crippen LogP contribution in [0.1, 0.15) is 31.2 Å². The highest BCUT2D eigenvalue weighted by Gasteiger charge is 2.17. The second-order valence-electron chi connectivity index (χ2n) is 6.04. The molecule has 4 N–H and O–H groups in total. The molecule has 0 aliphatic carbocycles. The molecule has 2 heterocycles. The summed E-state index contributed by atoms with van der Waals surface area (Å²) in [5.74, 6) is 2.47. The monoisotopic (exact) mass is 356 g/mol. The molecule has 0 saturated carbocycles. The Bertz CT molecular complexity index is 922. The first-order valence-electron chi connectivity index (χ1n) is 8.55. The van der Waals surface area contributed by atoms with Crippen molar-refractivity contribution in [3.8, 4) is 11.5 Å². The third-order valence-corrected chi connectivity index (χ3v) is 4.38. The molecule has 8 nitrogen and oxygen atoms in total. The van der Waals surface area contributed by atoms with Gasteiger partial charge in [0.2, 0.25) is 0 Å². The number of benzene rings is 1. The molecule has 0 aliphatic heterocycles. The van der Waals surface area contributed by atoms with E-state index in [-0.39, 0.29) is 0 Å². The third kappa shape index (κ3) is 3.22. The highest BCUT2D eigenvalue weighted by Crippen LogP contribution is 2.33. The van der Waals surface area contributed by atoms with Crippen LogP contribution in [-0.2, 0) is 13.0 Å². The molecule has 1 aromatic carbocycles. The van der Waals surface area contributed by atoms with Crippen molar-refractivity contribution in [1.82, 2.24) is 19.5 Å². The number of ether oxygens (including phenoxy) is 2. The SMILES string of the molecule is CCCCn1c(Cc2cc(OC)cc(OC)c2N)nc2c(N)ncnc21. The Morgan fingerprint density at radius 2 is 1.92 bits per heavy atom. The van der Waals surface area contributed by atoms with Gasteiger partial charge in [0.1, 0.15) is 23.7 Å². The standard InChI is InChI=1S/C18H24N6O2/c1-4-5-6-24-14(23-16-17(20)21-10-22-18(16)24)8-11-7-12(25-2)9-13(26-3)15(11)19/h7,9-10H,4-6,8,19H2,1-3H3,(H2,20,21,22). The number of anilines is 2. The first-order chi connectivity index (χ1) is 12.6. The Morgan fingerprint density at radius 3 is 2.62 bits per heavy atom. The van der Waals surface area contributed by atoms with Gasteiger partial charge in [0, 0.05) is 19.0 Å². The quantitative estimate of drug-likeness (QED) is 0.625. The summed E-state index contributed by atoms with van der Waals surface area (Å²) in [6.45, 7) is 2.95. The Balaban J connectivity index is 2.10. The van der Waals surface area contributed by atoms with Crippen LogP contribution in [0.2, 0.25) is 0 Å². The number of aromatic nitrogens is 4. The van der Waals surface area contributed by atoms with Crippen molar-refractivity contribution in [3.05, 3.63) is 29.8 Å². The molecule has 0 atom stereocenters. The Kier molecular flexibility index (Phi) is 5.11. The molecule has 0 saturated heterocycles. The molecule has 3 aromatic rings. The summed E-state index contributed by atoms with van der Waals surface area (Å²) < 4.78 is 12.8. The van der Waals surface area contributed by atoms with E-state index in [1.54, 1.807) is 20.3 Å². The maximum Gasteiger partial charge on any atom is 0.165 e. The number of imidazole rings is 1. The molecule has 0 bridgehead atoms. The van der Waals surface area contributed by atoms with Crippen LogP contribution < -0.4 is 20.9 Å². The van der Waals surface area contributed by atoms with E-state index in [0.717, 1.165) is 36.4 Å². The first kappa shape index (κ1) is 17.8. The van der Waals surface area contributed by atoms with E-state index in [0.29, 0.717) is 34.9 Å². The number of hydrogen-bond donors (Lipinski definition) is 2. The van der Waals surface area contributed by atoms with E-state index in [2.05, 4.69) is 26.4 Å². The minimum absolute atomic E-state index is 0.377. The Labute approximate surface area is 152 Å². The van der Waals surface area contributed by atoms with Crippen LogP contribution in [0.5, 0.6) is 11.5 Å². The second-order valence-corrected chi connectivity index (χ2v) is 6.04. The van der Waals surface area contributed by atoms with E-state index in [1.807, 2.05) is 6.07 Å². The summed E-state index contributed by atoms with van der Waals surface area (Å²) in [5, 5.41) is 0. The number of nitrogens with zero attached hydrogens (tertiary/aromatic N) is 4. The predicted octanol–water partition coefficient (Wildman–Crippen LogP) is 2.40. The minimum atomic E-state index is 0.377. The molecular weight excluding hydrogens is 332 g/mol. The van der Waals surface area contributed by atoms with E-state index in [1.165, 1.54) is 6.33 Å². The Hall–Kier alpha value is -3.03. The van der Waals surface area contributed by atoms with Crippen LogP contribution in [0, 0.1) is 0 Å². The van der Waals surface area contributed by atoms with Crippen molar-refractivity contribution < 1.29 is 9.47 Å². The second kappa shape index (κ2) is 7.47. The van der Waals surface area contributed by atoms with Gasteiger partial charge in [0.25, 0.3) is 0 Å². The van der Waals surface area contributed by atoms with Crippen molar-refractivity contribution in [2.45, 2.75) is 32.7 Å². The molecule has 0 unspecified atom stereocenters. The molecule has 138 valence electrons. The number of fused-ring (bicyclic) bond motifs is 1. The fourth-order valence-electron chi connectivity index (χ4n) is 2.94. The fraction of sp³-hybridized carbons (Fsp3) is 0.389. The van der Waals surface area contributed by atoms with Crippen LogP contribution in [0.4, 0.5) is 11.5 Å². The summed E-state index contributed by atoms with van der Waals surface area (Å²) in [6, 6.07) is 3.67. The van der Waals surface area contributed by atoms with Gasteiger partial charge in [0.05, 0.1) is 19.9 Å². The number of rotatable bonds is 7. The number of nitrogen functional groups attached to an aromatic ring is 2. The number of nitrogens with two attached hydrogens (primary N) is 2. The van der Waals surface area contributed by atoms with Crippen molar-refractivity contribution in [2.75, 3.05) is 25.7 Å².